The lowest BCUT2D eigenvalue weighted by Gasteiger charge is -2.22. The Morgan fingerprint density at radius 2 is 2.10 bits per heavy atom. The van der Waals surface area contributed by atoms with E-state index < -0.39 is 0 Å². The topological polar surface area (TPSA) is 64.4 Å². The maximum absolute atomic E-state index is 10.9. The molecule has 0 spiro atoms. The molecular formula is C15H22N2O3. The average Bonchev–Trinajstić information content (AvgIpc) is 2.46. The molecule has 0 aliphatic heterocycles. The number of nitro benzene ring substituents is 1. The fourth-order valence-corrected chi connectivity index (χ4v) is 2.61. The highest BCUT2D eigenvalue weighted by molar-refractivity contribution is 5.62. The van der Waals surface area contributed by atoms with E-state index in [1.165, 1.54) is 19.3 Å². The fourth-order valence-electron chi connectivity index (χ4n) is 2.61. The van der Waals surface area contributed by atoms with Crippen molar-refractivity contribution in [3.05, 3.63) is 33.9 Å². The van der Waals surface area contributed by atoms with Crippen LogP contribution in [0.25, 0.3) is 0 Å². The predicted octanol–water partition coefficient (Wildman–Crippen LogP) is 3.88. The first-order valence-electron chi connectivity index (χ1n) is 7.33. The van der Waals surface area contributed by atoms with Gasteiger partial charge in [0.25, 0.3) is 5.69 Å². The minimum atomic E-state index is -0.357. The number of rotatable bonds is 6. The van der Waals surface area contributed by atoms with Gasteiger partial charge < -0.3 is 10.1 Å². The summed E-state index contributed by atoms with van der Waals surface area (Å²) in [7, 11) is 0. The van der Waals surface area contributed by atoms with Crippen LogP contribution in [0.15, 0.2) is 18.2 Å². The molecule has 0 heterocycles. The third-order valence-electron chi connectivity index (χ3n) is 3.66. The smallest absolute Gasteiger partial charge is 0.292 e. The summed E-state index contributed by atoms with van der Waals surface area (Å²) in [6.45, 7) is 3.11. The van der Waals surface area contributed by atoms with Crippen molar-refractivity contribution in [2.75, 3.05) is 11.9 Å². The number of hydrogen-bond donors (Lipinski definition) is 1. The maximum Gasteiger partial charge on any atom is 0.292 e. The van der Waals surface area contributed by atoms with Crippen molar-refractivity contribution in [3.8, 4) is 0 Å². The van der Waals surface area contributed by atoms with E-state index in [2.05, 4.69) is 5.32 Å². The van der Waals surface area contributed by atoms with Gasteiger partial charge in [-0.25, -0.2) is 0 Å². The van der Waals surface area contributed by atoms with Gasteiger partial charge in [0.2, 0.25) is 0 Å². The van der Waals surface area contributed by atoms with Crippen LogP contribution in [0.2, 0.25) is 0 Å². The van der Waals surface area contributed by atoms with Crippen LogP contribution in [0.5, 0.6) is 0 Å². The lowest BCUT2D eigenvalue weighted by Crippen LogP contribution is -2.16. The van der Waals surface area contributed by atoms with E-state index in [4.69, 9.17) is 4.74 Å². The van der Waals surface area contributed by atoms with Gasteiger partial charge in [-0.05, 0) is 37.5 Å². The molecule has 0 saturated heterocycles. The SMILES string of the molecule is CCNc1cc(COC2CCCCC2)ccc1[N+](=O)[O-]. The summed E-state index contributed by atoms with van der Waals surface area (Å²) < 4.78 is 5.90. The lowest BCUT2D eigenvalue weighted by atomic mass is 9.98. The molecule has 1 aliphatic rings. The van der Waals surface area contributed by atoms with Crippen molar-refractivity contribution in [2.45, 2.75) is 51.7 Å². The standard InChI is InChI=1S/C15H22N2O3/c1-2-16-14-10-12(8-9-15(14)17(18)19)11-20-13-6-4-3-5-7-13/h8-10,13,16H,2-7,11H2,1H3. The molecule has 0 atom stereocenters. The van der Waals surface area contributed by atoms with Crippen LogP contribution in [-0.2, 0) is 11.3 Å². The molecule has 1 N–H and O–H groups in total. The Labute approximate surface area is 119 Å². The maximum atomic E-state index is 10.9. The minimum Gasteiger partial charge on any atom is -0.380 e. The van der Waals surface area contributed by atoms with Crippen LogP contribution < -0.4 is 5.32 Å². The second kappa shape index (κ2) is 7.24. The first-order chi connectivity index (χ1) is 9.70. The van der Waals surface area contributed by atoms with Gasteiger partial charge in [0.05, 0.1) is 17.6 Å². The summed E-state index contributed by atoms with van der Waals surface area (Å²) in [6.07, 6.45) is 6.41. The van der Waals surface area contributed by atoms with E-state index in [-0.39, 0.29) is 10.6 Å². The first-order valence-corrected chi connectivity index (χ1v) is 7.33. The van der Waals surface area contributed by atoms with Crippen LogP contribution >= 0.6 is 0 Å². The molecular weight excluding hydrogens is 256 g/mol. The van der Waals surface area contributed by atoms with Crippen LogP contribution in [0.4, 0.5) is 11.4 Å². The van der Waals surface area contributed by atoms with Crippen molar-refractivity contribution < 1.29 is 9.66 Å². The van der Waals surface area contributed by atoms with E-state index in [9.17, 15) is 10.1 Å². The van der Waals surface area contributed by atoms with Crippen molar-refractivity contribution in [3.63, 3.8) is 0 Å². The minimum absolute atomic E-state index is 0.119. The molecule has 20 heavy (non-hydrogen) atoms. The Kier molecular flexibility index (Phi) is 5.35. The average molecular weight is 278 g/mol. The van der Waals surface area contributed by atoms with E-state index in [1.54, 1.807) is 12.1 Å². The Bertz CT molecular complexity index is 456. The number of ether oxygens (including phenoxy) is 1. The zero-order valence-corrected chi connectivity index (χ0v) is 11.9. The number of benzene rings is 1. The van der Waals surface area contributed by atoms with E-state index >= 15 is 0 Å². The fraction of sp³-hybridized carbons (Fsp3) is 0.600. The summed E-state index contributed by atoms with van der Waals surface area (Å²) in [5, 5.41) is 14.0. The van der Waals surface area contributed by atoms with Crippen LogP contribution in [0.3, 0.4) is 0 Å². The quantitative estimate of drug-likeness (QED) is 0.633. The van der Waals surface area contributed by atoms with Gasteiger partial charge in [0.15, 0.2) is 0 Å². The molecule has 5 nitrogen and oxygen atoms in total. The van der Waals surface area contributed by atoms with Crippen molar-refractivity contribution >= 4 is 11.4 Å². The monoisotopic (exact) mass is 278 g/mol. The second-order valence-electron chi connectivity index (χ2n) is 5.21. The van der Waals surface area contributed by atoms with E-state index in [0.717, 1.165) is 18.4 Å². The third kappa shape index (κ3) is 3.93. The molecule has 110 valence electrons. The number of anilines is 1. The van der Waals surface area contributed by atoms with Gasteiger partial charge in [0, 0.05) is 12.6 Å². The highest BCUT2D eigenvalue weighted by Gasteiger charge is 2.16. The molecule has 1 aromatic carbocycles. The summed E-state index contributed by atoms with van der Waals surface area (Å²) in [4.78, 5) is 10.6. The first kappa shape index (κ1) is 14.8. The van der Waals surface area contributed by atoms with Crippen molar-refractivity contribution in [2.24, 2.45) is 0 Å². The molecule has 0 radical (unpaired) electrons. The molecule has 0 unspecified atom stereocenters. The zero-order valence-electron chi connectivity index (χ0n) is 11.9. The Morgan fingerprint density at radius 1 is 1.35 bits per heavy atom. The number of hydrogen-bond acceptors (Lipinski definition) is 4. The van der Waals surface area contributed by atoms with Gasteiger partial charge >= 0.3 is 0 Å². The van der Waals surface area contributed by atoms with Crippen LogP contribution in [0, 0.1) is 10.1 Å². The van der Waals surface area contributed by atoms with Crippen molar-refractivity contribution in [1.82, 2.24) is 0 Å². The highest BCUT2D eigenvalue weighted by Crippen LogP contribution is 2.27. The molecule has 5 heteroatoms. The molecule has 0 amide bonds. The normalized spacial score (nSPS) is 16.1. The third-order valence-corrected chi connectivity index (χ3v) is 3.66. The van der Waals surface area contributed by atoms with Gasteiger partial charge in [-0.1, -0.05) is 19.3 Å². The molecule has 1 aliphatic carbocycles. The summed E-state index contributed by atoms with van der Waals surface area (Å²) >= 11 is 0. The molecule has 0 bridgehead atoms. The highest BCUT2D eigenvalue weighted by atomic mass is 16.6. The summed E-state index contributed by atoms with van der Waals surface area (Å²) in [6, 6.07) is 5.16. The second-order valence-corrected chi connectivity index (χ2v) is 5.21. The molecule has 2 rings (SSSR count). The van der Waals surface area contributed by atoms with Crippen LogP contribution in [-0.4, -0.2) is 17.6 Å². The molecule has 1 fully saturated rings. The summed E-state index contributed by atoms with van der Waals surface area (Å²) in [5.74, 6) is 0. The number of nitrogens with one attached hydrogen (secondary N) is 1. The van der Waals surface area contributed by atoms with Gasteiger partial charge in [-0.3, -0.25) is 10.1 Å². The van der Waals surface area contributed by atoms with Gasteiger partial charge in [-0.15, -0.1) is 0 Å². The van der Waals surface area contributed by atoms with Gasteiger partial charge in [0.1, 0.15) is 5.69 Å². The molecule has 1 saturated carbocycles. The lowest BCUT2D eigenvalue weighted by molar-refractivity contribution is -0.384. The number of nitrogens with zero attached hydrogens (tertiary/aromatic N) is 1. The summed E-state index contributed by atoms with van der Waals surface area (Å²) in [5.41, 5.74) is 1.67. The largest absolute Gasteiger partial charge is 0.380 e. The van der Waals surface area contributed by atoms with Gasteiger partial charge in [-0.2, -0.15) is 0 Å². The van der Waals surface area contributed by atoms with E-state index in [1.807, 2.05) is 13.0 Å². The predicted molar refractivity (Wildman–Crippen MR) is 78.9 cm³/mol. The molecule has 1 aromatic rings. The van der Waals surface area contributed by atoms with Crippen LogP contribution in [0.1, 0.15) is 44.6 Å². The Balaban J connectivity index is 2.00. The van der Waals surface area contributed by atoms with Crippen molar-refractivity contribution in [1.29, 1.82) is 0 Å². The Hall–Kier alpha value is -1.62. The number of nitro groups is 1. The molecule has 0 aromatic heterocycles. The Morgan fingerprint density at radius 3 is 2.75 bits per heavy atom. The van der Waals surface area contributed by atoms with E-state index in [0.29, 0.717) is 24.9 Å². The zero-order chi connectivity index (χ0) is 14.4.